The Kier molecular flexibility index (Phi) is 1.46. The summed E-state index contributed by atoms with van der Waals surface area (Å²) in [7, 11) is 1.82. The molecule has 0 radical (unpaired) electrons. The zero-order chi connectivity index (χ0) is 8.72. The van der Waals surface area contributed by atoms with Gasteiger partial charge in [-0.2, -0.15) is 0 Å². The van der Waals surface area contributed by atoms with Gasteiger partial charge in [-0.15, -0.1) is 0 Å². The third-order valence-corrected chi connectivity index (χ3v) is 2.43. The number of hydrogen-bond acceptors (Lipinski definition) is 1. The van der Waals surface area contributed by atoms with Crippen LogP contribution >= 0.6 is 0 Å². The van der Waals surface area contributed by atoms with Crippen molar-refractivity contribution in [1.29, 1.82) is 0 Å². The van der Waals surface area contributed by atoms with Gasteiger partial charge in [-0.25, -0.2) is 0 Å². The molecule has 64 valence electrons. The van der Waals surface area contributed by atoms with Crippen LogP contribution in [0.15, 0.2) is 12.3 Å². The molecule has 3 heteroatoms. The number of hydrogen-bond donors (Lipinski definition) is 1. The highest BCUT2D eigenvalue weighted by Crippen LogP contribution is 2.27. The van der Waals surface area contributed by atoms with Crippen molar-refractivity contribution in [2.75, 3.05) is 11.9 Å². The number of carbonyl (C=O) groups excluding carboxylic acids is 1. The highest BCUT2D eigenvalue weighted by atomic mass is 16.2. The van der Waals surface area contributed by atoms with Crippen LogP contribution in [-0.4, -0.2) is 17.9 Å². The van der Waals surface area contributed by atoms with Gasteiger partial charge in [0.1, 0.15) is 0 Å². The third kappa shape index (κ3) is 0.858. The maximum absolute atomic E-state index is 11.5. The van der Waals surface area contributed by atoms with Crippen LogP contribution in [0.3, 0.4) is 0 Å². The lowest BCUT2D eigenvalue weighted by Gasteiger charge is -2.26. The average molecular weight is 164 g/mol. The lowest BCUT2D eigenvalue weighted by atomic mass is 9.99. The molecule has 0 aliphatic carbocycles. The zero-order valence-electron chi connectivity index (χ0n) is 7.29. The molecule has 2 heterocycles. The van der Waals surface area contributed by atoms with Crippen LogP contribution in [-0.2, 0) is 11.2 Å². The minimum atomic E-state index is 0.112. The van der Waals surface area contributed by atoms with Crippen LogP contribution in [0.1, 0.15) is 12.6 Å². The summed E-state index contributed by atoms with van der Waals surface area (Å²) in [5, 5.41) is 0. The molecule has 1 unspecified atom stereocenters. The van der Waals surface area contributed by atoms with E-state index in [2.05, 4.69) is 4.98 Å². The average Bonchev–Trinajstić information content (AvgIpc) is 2.48. The first-order valence-electron chi connectivity index (χ1n) is 4.14. The van der Waals surface area contributed by atoms with E-state index in [4.69, 9.17) is 0 Å². The lowest BCUT2D eigenvalue weighted by Crippen LogP contribution is -2.36. The quantitative estimate of drug-likeness (QED) is 0.614. The lowest BCUT2D eigenvalue weighted by molar-refractivity contribution is -0.122. The van der Waals surface area contributed by atoms with Gasteiger partial charge >= 0.3 is 0 Å². The van der Waals surface area contributed by atoms with Crippen LogP contribution < -0.4 is 4.90 Å². The second-order valence-corrected chi connectivity index (χ2v) is 3.34. The minimum Gasteiger partial charge on any atom is -0.363 e. The maximum atomic E-state index is 11.5. The van der Waals surface area contributed by atoms with Crippen molar-refractivity contribution in [3.63, 3.8) is 0 Å². The van der Waals surface area contributed by atoms with Crippen molar-refractivity contribution in [2.24, 2.45) is 5.92 Å². The Morgan fingerprint density at radius 3 is 3.17 bits per heavy atom. The van der Waals surface area contributed by atoms with Crippen LogP contribution in [0.4, 0.5) is 5.69 Å². The second-order valence-electron chi connectivity index (χ2n) is 3.34. The number of aromatic amines is 1. The molecule has 12 heavy (non-hydrogen) atoms. The number of anilines is 1. The minimum absolute atomic E-state index is 0.112. The highest BCUT2D eigenvalue weighted by molar-refractivity contribution is 5.97. The Balaban J connectivity index is 2.45. The molecule has 1 N–H and O–H groups in total. The molecule has 3 nitrogen and oxygen atoms in total. The van der Waals surface area contributed by atoms with Gasteiger partial charge in [0, 0.05) is 31.3 Å². The molecule has 1 atom stereocenters. The Bertz CT molecular complexity index is 316. The van der Waals surface area contributed by atoms with Gasteiger partial charge in [0.05, 0.1) is 5.69 Å². The predicted molar refractivity (Wildman–Crippen MR) is 47.1 cm³/mol. The van der Waals surface area contributed by atoms with Crippen LogP contribution in [0.2, 0.25) is 0 Å². The van der Waals surface area contributed by atoms with Crippen LogP contribution in [0.25, 0.3) is 0 Å². The number of aromatic nitrogens is 1. The summed E-state index contributed by atoms with van der Waals surface area (Å²) in [6.45, 7) is 1.96. The van der Waals surface area contributed by atoms with Gasteiger partial charge in [-0.3, -0.25) is 4.79 Å². The third-order valence-electron chi connectivity index (χ3n) is 2.43. The smallest absolute Gasteiger partial charge is 0.230 e. The number of carbonyl (C=O) groups is 1. The van der Waals surface area contributed by atoms with E-state index in [9.17, 15) is 4.79 Å². The number of fused-ring (bicyclic) bond motifs is 1. The first-order valence-corrected chi connectivity index (χ1v) is 4.14. The van der Waals surface area contributed by atoms with Gasteiger partial charge in [-0.1, -0.05) is 6.92 Å². The predicted octanol–water partition coefficient (Wildman–Crippen LogP) is 1.17. The fourth-order valence-electron chi connectivity index (χ4n) is 1.72. The van der Waals surface area contributed by atoms with E-state index in [1.807, 2.05) is 26.2 Å². The fraction of sp³-hybridized carbons (Fsp3) is 0.444. The number of H-pyrrole nitrogens is 1. The van der Waals surface area contributed by atoms with E-state index in [0.717, 1.165) is 12.1 Å². The molecule has 0 fully saturated rings. The molecule has 2 rings (SSSR count). The molecule has 1 aliphatic rings. The van der Waals surface area contributed by atoms with Gasteiger partial charge in [0.25, 0.3) is 0 Å². The topological polar surface area (TPSA) is 36.1 Å². The maximum Gasteiger partial charge on any atom is 0.230 e. The summed E-state index contributed by atoms with van der Waals surface area (Å²) in [5.41, 5.74) is 2.20. The fourth-order valence-corrected chi connectivity index (χ4v) is 1.72. The van der Waals surface area contributed by atoms with E-state index in [0.29, 0.717) is 0 Å². The van der Waals surface area contributed by atoms with Gasteiger partial charge in [-0.05, 0) is 6.07 Å². The molecule has 0 aromatic carbocycles. The number of rotatable bonds is 0. The summed E-state index contributed by atoms with van der Waals surface area (Å²) in [6, 6.07) is 1.94. The van der Waals surface area contributed by atoms with Crippen molar-refractivity contribution in [3.05, 3.63) is 18.0 Å². The van der Waals surface area contributed by atoms with E-state index in [1.165, 1.54) is 5.69 Å². The number of amides is 1. The molecule has 0 bridgehead atoms. The Morgan fingerprint density at radius 1 is 1.67 bits per heavy atom. The van der Waals surface area contributed by atoms with E-state index < -0.39 is 0 Å². The molecule has 0 spiro atoms. The highest BCUT2D eigenvalue weighted by Gasteiger charge is 2.27. The van der Waals surface area contributed by atoms with Crippen molar-refractivity contribution in [1.82, 2.24) is 4.98 Å². The number of nitrogens with zero attached hydrogens (tertiary/aromatic N) is 1. The normalized spacial score (nSPS) is 22.7. The summed E-state index contributed by atoms with van der Waals surface area (Å²) >= 11 is 0. The molecular weight excluding hydrogens is 152 g/mol. The van der Waals surface area contributed by atoms with Crippen molar-refractivity contribution in [2.45, 2.75) is 13.3 Å². The Hall–Kier alpha value is -1.25. The van der Waals surface area contributed by atoms with Gasteiger partial charge in [0.15, 0.2) is 0 Å². The van der Waals surface area contributed by atoms with Crippen LogP contribution in [0, 0.1) is 5.92 Å². The SMILES string of the molecule is CC1Cc2[nH]ccc2N(C)C1=O. The first kappa shape index (κ1) is 7.40. The summed E-state index contributed by atoms with van der Waals surface area (Å²) < 4.78 is 0. The molecule has 1 aromatic heterocycles. The molecule has 0 saturated carbocycles. The van der Waals surface area contributed by atoms with Crippen molar-refractivity contribution in [3.8, 4) is 0 Å². The zero-order valence-corrected chi connectivity index (χ0v) is 7.29. The Labute approximate surface area is 71.4 Å². The largest absolute Gasteiger partial charge is 0.363 e. The van der Waals surface area contributed by atoms with E-state index in [1.54, 1.807) is 4.90 Å². The molecular formula is C9H12N2O. The molecule has 1 aliphatic heterocycles. The molecule has 0 saturated heterocycles. The number of nitrogens with one attached hydrogen (secondary N) is 1. The van der Waals surface area contributed by atoms with Gasteiger partial charge in [0.2, 0.25) is 5.91 Å². The molecule has 1 amide bonds. The monoisotopic (exact) mass is 164 g/mol. The van der Waals surface area contributed by atoms with Crippen molar-refractivity contribution >= 4 is 11.6 Å². The Morgan fingerprint density at radius 2 is 2.42 bits per heavy atom. The standard InChI is InChI=1S/C9H12N2O/c1-6-5-7-8(3-4-10-7)11(2)9(6)12/h3-4,6,10H,5H2,1-2H3. The summed E-state index contributed by atoms with van der Waals surface area (Å²) in [6.07, 6.45) is 2.72. The second kappa shape index (κ2) is 2.37. The first-order chi connectivity index (χ1) is 5.70. The van der Waals surface area contributed by atoms with Gasteiger partial charge < -0.3 is 9.88 Å². The van der Waals surface area contributed by atoms with E-state index in [-0.39, 0.29) is 11.8 Å². The summed E-state index contributed by atoms with van der Waals surface area (Å²) in [5.74, 6) is 0.322. The van der Waals surface area contributed by atoms with Crippen molar-refractivity contribution < 1.29 is 4.79 Å². The van der Waals surface area contributed by atoms with Crippen LogP contribution in [0.5, 0.6) is 0 Å². The van der Waals surface area contributed by atoms with E-state index >= 15 is 0 Å². The molecule has 1 aromatic rings. The summed E-state index contributed by atoms with van der Waals surface area (Å²) in [4.78, 5) is 16.4.